The van der Waals surface area contributed by atoms with Crippen molar-refractivity contribution in [2.24, 2.45) is 0 Å². The van der Waals surface area contributed by atoms with Crippen LogP contribution in [-0.4, -0.2) is 48.6 Å². The van der Waals surface area contributed by atoms with Crippen LogP contribution in [0.3, 0.4) is 0 Å². The summed E-state index contributed by atoms with van der Waals surface area (Å²) in [5.41, 5.74) is 1.70. The van der Waals surface area contributed by atoms with Crippen LogP contribution in [0.4, 0.5) is 5.69 Å². The molecule has 8 heteroatoms. The molecule has 2 saturated heterocycles. The first-order valence-corrected chi connectivity index (χ1v) is 9.95. The number of carbonyl (C=O) groups excluding carboxylic acids is 2. The monoisotopic (exact) mass is 399 g/mol. The fourth-order valence-corrected chi connectivity index (χ4v) is 3.96. The van der Waals surface area contributed by atoms with Crippen LogP contribution in [0, 0.1) is 0 Å². The lowest BCUT2D eigenvalue weighted by molar-refractivity contribution is -0.124. The molecule has 3 rings (SSSR count). The zero-order valence-corrected chi connectivity index (χ0v) is 16.3. The molecule has 2 unspecified atom stereocenters. The van der Waals surface area contributed by atoms with Gasteiger partial charge in [-0.05, 0) is 30.5 Å². The van der Waals surface area contributed by atoms with Gasteiger partial charge in [0.25, 0.3) is 5.91 Å². The van der Waals surface area contributed by atoms with Crippen molar-refractivity contribution in [1.29, 1.82) is 0 Å². The molecule has 6 nitrogen and oxygen atoms in total. The van der Waals surface area contributed by atoms with Crippen molar-refractivity contribution in [3.05, 3.63) is 29.8 Å². The summed E-state index contributed by atoms with van der Waals surface area (Å²) < 4.78 is 5.39. The summed E-state index contributed by atoms with van der Waals surface area (Å²) in [5, 5.41) is 9.21. The maximum Gasteiger partial charge on any atom is 0.253 e. The molecule has 1 aromatic carbocycles. The van der Waals surface area contributed by atoms with Crippen molar-refractivity contribution in [1.82, 2.24) is 10.6 Å². The van der Waals surface area contributed by atoms with Gasteiger partial charge in [-0.3, -0.25) is 9.59 Å². The number of amides is 2. The van der Waals surface area contributed by atoms with Gasteiger partial charge in [0, 0.05) is 49.4 Å². The van der Waals surface area contributed by atoms with Gasteiger partial charge in [0.15, 0.2) is 0 Å². The van der Waals surface area contributed by atoms with E-state index < -0.39 is 0 Å². The minimum Gasteiger partial charge on any atom is -0.368 e. The number of ether oxygens (including phenoxy) is 1. The van der Waals surface area contributed by atoms with Crippen LogP contribution in [0.25, 0.3) is 0 Å². The Labute approximate surface area is 164 Å². The Kier molecular flexibility index (Phi) is 8.71. The highest BCUT2D eigenvalue weighted by Gasteiger charge is 2.23. The van der Waals surface area contributed by atoms with Gasteiger partial charge >= 0.3 is 0 Å². The summed E-state index contributed by atoms with van der Waals surface area (Å²) >= 11 is 1.88. The molecular formula is C18H26ClN3O3S. The number of hydrogen-bond acceptors (Lipinski definition) is 5. The highest BCUT2D eigenvalue weighted by Crippen LogP contribution is 2.16. The van der Waals surface area contributed by atoms with Gasteiger partial charge in [-0.15, -0.1) is 12.4 Å². The van der Waals surface area contributed by atoms with Crippen molar-refractivity contribution in [3.63, 3.8) is 0 Å². The normalized spacial score (nSPS) is 22.3. The number of thioether (sulfide) groups is 1. The van der Waals surface area contributed by atoms with Crippen molar-refractivity contribution in [2.45, 2.75) is 38.0 Å². The highest BCUT2D eigenvalue weighted by atomic mass is 35.5. The van der Waals surface area contributed by atoms with Gasteiger partial charge in [0.05, 0.1) is 0 Å². The van der Waals surface area contributed by atoms with Crippen LogP contribution in [0.1, 0.15) is 24.8 Å². The van der Waals surface area contributed by atoms with Gasteiger partial charge in [0.1, 0.15) is 6.10 Å². The lowest BCUT2D eigenvalue weighted by atomic mass is 10.1. The van der Waals surface area contributed by atoms with E-state index in [1.807, 2.05) is 36.0 Å². The minimum atomic E-state index is -0.343. The van der Waals surface area contributed by atoms with Crippen LogP contribution < -0.4 is 16.0 Å². The number of carbonyl (C=O) groups is 2. The molecule has 0 spiro atoms. The van der Waals surface area contributed by atoms with Gasteiger partial charge in [-0.2, -0.15) is 11.8 Å². The van der Waals surface area contributed by atoms with E-state index in [0.29, 0.717) is 19.6 Å². The summed E-state index contributed by atoms with van der Waals surface area (Å²) in [6.07, 6.45) is 1.86. The van der Waals surface area contributed by atoms with Crippen LogP contribution in [0.2, 0.25) is 0 Å². The molecule has 0 radical (unpaired) electrons. The molecule has 0 saturated carbocycles. The fourth-order valence-electron chi connectivity index (χ4n) is 3.01. The Morgan fingerprint density at radius 3 is 2.96 bits per heavy atom. The second kappa shape index (κ2) is 10.8. The van der Waals surface area contributed by atoms with E-state index in [9.17, 15) is 9.59 Å². The van der Waals surface area contributed by atoms with Gasteiger partial charge in [-0.1, -0.05) is 12.1 Å². The van der Waals surface area contributed by atoms with E-state index in [1.165, 1.54) is 0 Å². The molecule has 2 aliphatic heterocycles. The molecule has 3 N–H and O–H groups in total. The second-order valence-electron chi connectivity index (χ2n) is 6.40. The van der Waals surface area contributed by atoms with Gasteiger partial charge in [0.2, 0.25) is 5.91 Å². The van der Waals surface area contributed by atoms with E-state index in [-0.39, 0.29) is 36.4 Å². The average Bonchev–Trinajstić information content (AvgIpc) is 3.16. The van der Waals surface area contributed by atoms with Crippen molar-refractivity contribution in [2.75, 3.05) is 30.0 Å². The van der Waals surface area contributed by atoms with E-state index in [2.05, 4.69) is 16.0 Å². The summed E-state index contributed by atoms with van der Waals surface area (Å²) in [4.78, 5) is 24.2. The Hall–Kier alpha value is -1.28. The largest absolute Gasteiger partial charge is 0.368 e. The number of benzene rings is 1. The summed E-state index contributed by atoms with van der Waals surface area (Å²) in [5.74, 6) is 2.05. The van der Waals surface area contributed by atoms with Crippen molar-refractivity contribution < 1.29 is 14.3 Å². The topological polar surface area (TPSA) is 79.5 Å². The first-order chi connectivity index (χ1) is 12.2. The van der Waals surface area contributed by atoms with Crippen LogP contribution in [-0.2, 0) is 20.9 Å². The van der Waals surface area contributed by atoms with Crippen LogP contribution in [0.5, 0.6) is 0 Å². The highest BCUT2D eigenvalue weighted by molar-refractivity contribution is 7.99. The molecule has 2 heterocycles. The Bertz CT molecular complexity index is 605. The van der Waals surface area contributed by atoms with E-state index in [1.54, 1.807) is 0 Å². The molecule has 2 aliphatic rings. The number of hydrogen-bond donors (Lipinski definition) is 3. The van der Waals surface area contributed by atoms with E-state index >= 15 is 0 Å². The van der Waals surface area contributed by atoms with E-state index in [0.717, 1.165) is 42.1 Å². The van der Waals surface area contributed by atoms with Gasteiger partial charge in [-0.25, -0.2) is 0 Å². The maximum absolute atomic E-state index is 12.1. The predicted molar refractivity (Wildman–Crippen MR) is 107 cm³/mol. The zero-order chi connectivity index (χ0) is 17.5. The number of nitrogens with one attached hydrogen (secondary N) is 3. The molecule has 2 fully saturated rings. The molecule has 0 aliphatic carbocycles. The first kappa shape index (κ1) is 21.0. The molecular weight excluding hydrogens is 374 g/mol. The lowest BCUT2D eigenvalue weighted by Crippen LogP contribution is -2.41. The smallest absolute Gasteiger partial charge is 0.253 e. The van der Waals surface area contributed by atoms with Crippen molar-refractivity contribution >= 4 is 41.7 Å². The number of halogens is 1. The molecule has 144 valence electrons. The fraction of sp³-hybridized carbons (Fsp3) is 0.556. The summed E-state index contributed by atoms with van der Waals surface area (Å²) in [6.45, 7) is 2.08. The van der Waals surface area contributed by atoms with Crippen LogP contribution >= 0.6 is 24.2 Å². The van der Waals surface area contributed by atoms with Crippen molar-refractivity contribution in [3.8, 4) is 0 Å². The summed E-state index contributed by atoms with van der Waals surface area (Å²) in [6, 6.07) is 7.82. The maximum atomic E-state index is 12.1. The van der Waals surface area contributed by atoms with Crippen LogP contribution in [0.15, 0.2) is 24.3 Å². The molecule has 0 aromatic heterocycles. The Morgan fingerprint density at radius 1 is 1.35 bits per heavy atom. The first-order valence-electron chi connectivity index (χ1n) is 8.80. The molecule has 1 aromatic rings. The summed E-state index contributed by atoms with van der Waals surface area (Å²) in [7, 11) is 0. The second-order valence-corrected chi connectivity index (χ2v) is 7.55. The lowest BCUT2D eigenvalue weighted by Gasteiger charge is -2.22. The molecule has 2 amide bonds. The Morgan fingerprint density at radius 2 is 2.23 bits per heavy atom. The molecule has 2 atom stereocenters. The standard InChI is InChI=1S/C18H25N3O3S.ClH/c22-17(10-15-12-25-8-6-19-15)20-11-13-3-1-4-14(9-13)21-18(23)16-5-2-7-24-16;/h1,3-4,9,15-16,19H,2,5-8,10-12H2,(H,20,22)(H,21,23);1H. The third-order valence-corrected chi connectivity index (χ3v) is 5.47. The zero-order valence-electron chi connectivity index (χ0n) is 14.7. The number of rotatable bonds is 6. The SMILES string of the molecule is Cl.O=C(CC1CSCCN1)NCc1cccc(NC(=O)C2CCCO2)c1. The molecule has 26 heavy (non-hydrogen) atoms. The quantitative estimate of drug-likeness (QED) is 0.681. The molecule has 0 bridgehead atoms. The minimum absolute atomic E-state index is 0. The predicted octanol–water partition coefficient (Wildman–Crippen LogP) is 1.94. The van der Waals surface area contributed by atoms with E-state index in [4.69, 9.17) is 4.74 Å². The third-order valence-electron chi connectivity index (χ3n) is 4.34. The number of anilines is 1. The Balaban J connectivity index is 0.00000243. The third kappa shape index (κ3) is 6.46. The van der Waals surface area contributed by atoms with Gasteiger partial charge < -0.3 is 20.7 Å². The average molecular weight is 400 g/mol.